The largest absolute Gasteiger partial charge is 0.355 e. The molecule has 1 aliphatic heterocycles. The Balaban J connectivity index is 2.00. The fraction of sp³-hybridized carbons (Fsp3) is 0.375. The summed E-state index contributed by atoms with van der Waals surface area (Å²) >= 11 is 0. The number of carbonyl (C=O) groups is 4. The van der Waals surface area contributed by atoms with E-state index in [0.717, 1.165) is 0 Å². The van der Waals surface area contributed by atoms with Crippen LogP contribution in [0.25, 0.3) is 0 Å². The van der Waals surface area contributed by atoms with Crippen LogP contribution < -0.4 is 16.0 Å². The van der Waals surface area contributed by atoms with Gasteiger partial charge in [0.1, 0.15) is 0 Å². The lowest BCUT2D eigenvalue weighted by Gasteiger charge is -2.17. The molecule has 0 unspecified atom stereocenters. The molecule has 1 heterocycles. The number of benzene rings is 1. The maximum absolute atomic E-state index is 12.3. The van der Waals surface area contributed by atoms with E-state index < -0.39 is 6.03 Å². The van der Waals surface area contributed by atoms with Gasteiger partial charge >= 0.3 is 6.03 Å². The fourth-order valence-electron chi connectivity index (χ4n) is 2.40. The van der Waals surface area contributed by atoms with Crippen LogP contribution in [0.15, 0.2) is 18.2 Å². The zero-order chi connectivity index (χ0) is 17.9. The molecule has 0 aromatic heterocycles. The molecule has 8 nitrogen and oxygen atoms in total. The topological polar surface area (TPSA) is 108 Å². The minimum atomic E-state index is -0.460. The highest BCUT2D eigenvalue weighted by molar-refractivity contribution is 6.22. The molecule has 8 heteroatoms. The average Bonchev–Trinajstić information content (AvgIpc) is 2.75. The van der Waals surface area contributed by atoms with Crippen LogP contribution >= 0.6 is 0 Å². The lowest BCUT2D eigenvalue weighted by atomic mass is 10.1. The smallest absolute Gasteiger partial charge is 0.319 e. The number of nitrogens with zero attached hydrogens (tertiary/aromatic N) is 1. The van der Waals surface area contributed by atoms with Gasteiger partial charge in [-0.2, -0.15) is 0 Å². The van der Waals surface area contributed by atoms with Crippen LogP contribution in [0.1, 0.15) is 41.5 Å². The standard InChI is InChI=1S/C16H20N4O4/c1-9(2)20-14(22)12-5-4-11(8-13(12)15(20)23)19-16(24)18-7-6-17-10(3)21/h4-5,8-9H,6-7H2,1-3H3,(H,17,21)(H2,18,19,24). The summed E-state index contributed by atoms with van der Waals surface area (Å²) in [4.78, 5) is 48.2. The van der Waals surface area contributed by atoms with Crippen LogP contribution in [0.2, 0.25) is 0 Å². The van der Waals surface area contributed by atoms with E-state index in [1.807, 2.05) is 0 Å². The lowest BCUT2D eigenvalue weighted by Crippen LogP contribution is -2.36. The molecule has 1 aromatic carbocycles. The van der Waals surface area contributed by atoms with Crippen LogP contribution in [0, 0.1) is 0 Å². The normalized spacial score (nSPS) is 13.1. The number of hydrogen-bond acceptors (Lipinski definition) is 4. The van der Waals surface area contributed by atoms with Crippen molar-refractivity contribution < 1.29 is 19.2 Å². The van der Waals surface area contributed by atoms with Gasteiger partial charge in [0, 0.05) is 31.7 Å². The first-order valence-corrected chi connectivity index (χ1v) is 7.62. The molecular formula is C16H20N4O4. The second kappa shape index (κ2) is 7.12. The van der Waals surface area contributed by atoms with Gasteiger partial charge in [0.15, 0.2) is 0 Å². The predicted molar refractivity (Wildman–Crippen MR) is 87.8 cm³/mol. The Bertz CT molecular complexity index is 699. The van der Waals surface area contributed by atoms with E-state index in [4.69, 9.17) is 0 Å². The van der Waals surface area contributed by atoms with Crippen molar-refractivity contribution in [3.63, 3.8) is 0 Å². The third kappa shape index (κ3) is 3.70. The number of carbonyl (C=O) groups excluding carboxylic acids is 4. The molecule has 0 spiro atoms. The maximum Gasteiger partial charge on any atom is 0.319 e. The van der Waals surface area contributed by atoms with Gasteiger partial charge in [-0.15, -0.1) is 0 Å². The van der Waals surface area contributed by atoms with Gasteiger partial charge in [-0.1, -0.05) is 0 Å². The Labute approximate surface area is 139 Å². The van der Waals surface area contributed by atoms with Crippen molar-refractivity contribution in [1.29, 1.82) is 0 Å². The molecule has 24 heavy (non-hydrogen) atoms. The van der Waals surface area contributed by atoms with Crippen LogP contribution in [-0.2, 0) is 4.79 Å². The first kappa shape index (κ1) is 17.5. The number of imide groups is 1. The predicted octanol–water partition coefficient (Wildman–Crippen LogP) is 0.949. The van der Waals surface area contributed by atoms with E-state index in [9.17, 15) is 19.2 Å². The van der Waals surface area contributed by atoms with E-state index in [-0.39, 0.29) is 35.9 Å². The Morgan fingerprint density at radius 2 is 1.67 bits per heavy atom. The Morgan fingerprint density at radius 3 is 2.29 bits per heavy atom. The van der Waals surface area contributed by atoms with Crippen molar-refractivity contribution in [3.8, 4) is 0 Å². The summed E-state index contributed by atoms with van der Waals surface area (Å²) < 4.78 is 0. The van der Waals surface area contributed by atoms with Gasteiger partial charge in [0.25, 0.3) is 11.8 Å². The molecular weight excluding hydrogens is 312 g/mol. The van der Waals surface area contributed by atoms with Gasteiger partial charge in [-0.05, 0) is 32.0 Å². The number of fused-ring (bicyclic) bond motifs is 1. The SMILES string of the molecule is CC(=O)NCCNC(=O)Nc1ccc2c(c1)C(=O)N(C(C)C)C2=O. The second-order valence-corrected chi connectivity index (χ2v) is 5.70. The molecule has 0 bridgehead atoms. The highest BCUT2D eigenvalue weighted by Gasteiger charge is 2.37. The minimum Gasteiger partial charge on any atom is -0.355 e. The van der Waals surface area contributed by atoms with Crippen LogP contribution in [-0.4, -0.2) is 47.8 Å². The van der Waals surface area contributed by atoms with E-state index in [1.54, 1.807) is 19.9 Å². The zero-order valence-corrected chi connectivity index (χ0v) is 13.8. The molecule has 128 valence electrons. The third-order valence-electron chi connectivity index (χ3n) is 3.48. The zero-order valence-electron chi connectivity index (χ0n) is 13.8. The third-order valence-corrected chi connectivity index (χ3v) is 3.48. The quantitative estimate of drug-likeness (QED) is 0.551. The fourth-order valence-corrected chi connectivity index (χ4v) is 2.40. The molecule has 0 radical (unpaired) electrons. The number of nitrogens with one attached hydrogen (secondary N) is 3. The summed E-state index contributed by atoms with van der Waals surface area (Å²) in [6, 6.07) is 3.90. The second-order valence-electron chi connectivity index (χ2n) is 5.70. The highest BCUT2D eigenvalue weighted by Crippen LogP contribution is 2.27. The van der Waals surface area contributed by atoms with Gasteiger partial charge < -0.3 is 16.0 Å². The summed E-state index contributed by atoms with van der Waals surface area (Å²) in [5.41, 5.74) is 1.03. The number of anilines is 1. The van der Waals surface area contributed by atoms with Crippen molar-refractivity contribution >= 4 is 29.4 Å². The number of urea groups is 1. The van der Waals surface area contributed by atoms with Crippen LogP contribution in [0.5, 0.6) is 0 Å². The van der Waals surface area contributed by atoms with Gasteiger partial charge in [0.05, 0.1) is 11.1 Å². The molecule has 2 rings (SSSR count). The lowest BCUT2D eigenvalue weighted by molar-refractivity contribution is -0.118. The van der Waals surface area contributed by atoms with Gasteiger partial charge in [0.2, 0.25) is 5.91 Å². The van der Waals surface area contributed by atoms with Crippen LogP contribution in [0.4, 0.5) is 10.5 Å². The molecule has 1 aromatic rings. The first-order chi connectivity index (χ1) is 11.3. The van der Waals surface area contributed by atoms with Crippen molar-refractivity contribution in [3.05, 3.63) is 29.3 Å². The Hall–Kier alpha value is -2.90. The highest BCUT2D eigenvalue weighted by atomic mass is 16.2. The molecule has 0 fully saturated rings. The first-order valence-electron chi connectivity index (χ1n) is 7.62. The van der Waals surface area contributed by atoms with Crippen molar-refractivity contribution in [2.75, 3.05) is 18.4 Å². The van der Waals surface area contributed by atoms with Crippen molar-refractivity contribution in [2.45, 2.75) is 26.8 Å². The summed E-state index contributed by atoms with van der Waals surface area (Å²) in [6.45, 7) is 5.52. The van der Waals surface area contributed by atoms with E-state index in [1.165, 1.54) is 24.0 Å². The summed E-state index contributed by atoms with van der Waals surface area (Å²) in [5, 5.41) is 7.72. The van der Waals surface area contributed by atoms with Gasteiger partial charge in [-0.3, -0.25) is 19.3 Å². The number of rotatable bonds is 5. The Kier molecular flexibility index (Phi) is 5.18. The molecule has 0 saturated heterocycles. The maximum atomic E-state index is 12.3. The van der Waals surface area contributed by atoms with E-state index in [0.29, 0.717) is 17.8 Å². The van der Waals surface area contributed by atoms with Gasteiger partial charge in [-0.25, -0.2) is 4.79 Å². The van der Waals surface area contributed by atoms with Crippen molar-refractivity contribution in [1.82, 2.24) is 15.5 Å². The average molecular weight is 332 g/mol. The summed E-state index contributed by atoms with van der Waals surface area (Å²) in [6.07, 6.45) is 0. The molecule has 1 aliphatic rings. The van der Waals surface area contributed by atoms with E-state index >= 15 is 0 Å². The van der Waals surface area contributed by atoms with Crippen molar-refractivity contribution in [2.24, 2.45) is 0 Å². The molecule has 3 N–H and O–H groups in total. The molecule has 0 aliphatic carbocycles. The molecule has 0 saturated carbocycles. The van der Waals surface area contributed by atoms with Crippen LogP contribution in [0.3, 0.4) is 0 Å². The monoisotopic (exact) mass is 332 g/mol. The molecule has 0 atom stereocenters. The molecule has 5 amide bonds. The number of hydrogen-bond donors (Lipinski definition) is 3. The summed E-state index contributed by atoms with van der Waals surface area (Å²) in [7, 11) is 0. The minimum absolute atomic E-state index is 0.172. The summed E-state index contributed by atoms with van der Waals surface area (Å²) in [5.74, 6) is -0.857. The Morgan fingerprint density at radius 1 is 1.04 bits per heavy atom. The van der Waals surface area contributed by atoms with E-state index in [2.05, 4.69) is 16.0 Å². The number of amides is 5.